The maximum atomic E-state index is 12.8. The highest BCUT2D eigenvalue weighted by atomic mass is 16.5. The Hall–Kier alpha value is -0.610. The number of rotatable bonds is 6. The summed E-state index contributed by atoms with van der Waals surface area (Å²) in [5, 5.41) is 0. The molecule has 0 aromatic carbocycles. The Morgan fingerprint density at radius 3 is 2.68 bits per heavy atom. The van der Waals surface area contributed by atoms with Crippen LogP contribution < -0.4 is 5.73 Å². The Morgan fingerprint density at radius 2 is 2.16 bits per heavy atom. The first kappa shape index (κ1) is 16.4. The Balaban J connectivity index is 2.69. The molecule has 1 saturated carbocycles. The van der Waals surface area contributed by atoms with Crippen molar-refractivity contribution in [3.05, 3.63) is 0 Å². The van der Waals surface area contributed by atoms with Crippen molar-refractivity contribution < 1.29 is 9.53 Å². The molecule has 1 amide bonds. The van der Waals surface area contributed by atoms with Crippen LogP contribution in [0.25, 0.3) is 0 Å². The van der Waals surface area contributed by atoms with Gasteiger partial charge in [0.05, 0.1) is 6.61 Å². The standard InChI is InChI=1S/C15H30N2O2/c1-5-12(3)17(8-9-19-4)15(18)14-7-6-13(16)10-11(14)2/h11-14H,5-10,16H2,1-4H3. The lowest BCUT2D eigenvalue weighted by Gasteiger charge is -2.37. The van der Waals surface area contributed by atoms with Crippen molar-refractivity contribution in [2.75, 3.05) is 20.3 Å². The molecule has 0 aliphatic heterocycles. The third kappa shape index (κ3) is 4.46. The largest absolute Gasteiger partial charge is 0.383 e. The second-order valence-electron chi connectivity index (χ2n) is 5.94. The van der Waals surface area contributed by atoms with Crippen LogP contribution in [-0.2, 0) is 9.53 Å². The van der Waals surface area contributed by atoms with Crippen LogP contribution in [0.3, 0.4) is 0 Å². The Bertz CT molecular complexity index is 283. The van der Waals surface area contributed by atoms with Crippen molar-refractivity contribution in [2.45, 2.75) is 58.5 Å². The van der Waals surface area contributed by atoms with E-state index in [1.54, 1.807) is 7.11 Å². The molecule has 2 N–H and O–H groups in total. The minimum absolute atomic E-state index is 0.144. The van der Waals surface area contributed by atoms with Crippen molar-refractivity contribution in [3.63, 3.8) is 0 Å². The molecule has 1 aliphatic carbocycles. The zero-order chi connectivity index (χ0) is 14.4. The predicted molar refractivity (Wildman–Crippen MR) is 77.8 cm³/mol. The molecule has 0 radical (unpaired) electrons. The second kappa shape index (κ2) is 7.85. The van der Waals surface area contributed by atoms with E-state index in [0.29, 0.717) is 25.0 Å². The molecule has 4 unspecified atom stereocenters. The number of carbonyl (C=O) groups is 1. The minimum atomic E-state index is 0.144. The molecule has 0 heterocycles. The van der Waals surface area contributed by atoms with Gasteiger partial charge in [-0.2, -0.15) is 0 Å². The van der Waals surface area contributed by atoms with Gasteiger partial charge in [-0.1, -0.05) is 13.8 Å². The fourth-order valence-corrected chi connectivity index (χ4v) is 2.98. The minimum Gasteiger partial charge on any atom is -0.383 e. The number of amides is 1. The normalized spacial score (nSPS) is 29.0. The fraction of sp³-hybridized carbons (Fsp3) is 0.933. The fourth-order valence-electron chi connectivity index (χ4n) is 2.98. The summed E-state index contributed by atoms with van der Waals surface area (Å²) in [5.41, 5.74) is 5.98. The van der Waals surface area contributed by atoms with Crippen LogP contribution in [0.15, 0.2) is 0 Å². The van der Waals surface area contributed by atoms with E-state index in [4.69, 9.17) is 10.5 Å². The van der Waals surface area contributed by atoms with E-state index in [0.717, 1.165) is 25.7 Å². The zero-order valence-corrected chi connectivity index (χ0v) is 12.9. The number of hydrogen-bond donors (Lipinski definition) is 1. The maximum Gasteiger partial charge on any atom is 0.226 e. The molecular weight excluding hydrogens is 240 g/mol. The summed E-state index contributed by atoms with van der Waals surface area (Å²) in [5.74, 6) is 0.835. The second-order valence-corrected chi connectivity index (χ2v) is 5.94. The third-order valence-electron chi connectivity index (χ3n) is 4.47. The molecule has 0 saturated heterocycles. The van der Waals surface area contributed by atoms with Gasteiger partial charge in [-0.05, 0) is 38.5 Å². The van der Waals surface area contributed by atoms with E-state index in [-0.39, 0.29) is 18.0 Å². The molecule has 1 fully saturated rings. The molecule has 0 aromatic rings. The number of nitrogens with two attached hydrogens (primary N) is 1. The first-order valence-corrected chi connectivity index (χ1v) is 7.56. The third-order valence-corrected chi connectivity index (χ3v) is 4.47. The summed E-state index contributed by atoms with van der Waals surface area (Å²) in [6.45, 7) is 7.70. The quantitative estimate of drug-likeness (QED) is 0.803. The lowest BCUT2D eigenvalue weighted by Crippen LogP contribution is -2.47. The highest BCUT2D eigenvalue weighted by Crippen LogP contribution is 2.31. The average Bonchev–Trinajstić information content (AvgIpc) is 2.38. The monoisotopic (exact) mass is 270 g/mol. The van der Waals surface area contributed by atoms with Gasteiger partial charge in [-0.25, -0.2) is 0 Å². The predicted octanol–water partition coefficient (Wildman–Crippen LogP) is 2.02. The van der Waals surface area contributed by atoms with Crippen molar-refractivity contribution in [1.82, 2.24) is 4.90 Å². The van der Waals surface area contributed by atoms with Crippen LogP contribution >= 0.6 is 0 Å². The van der Waals surface area contributed by atoms with Crippen LogP contribution in [-0.4, -0.2) is 43.2 Å². The van der Waals surface area contributed by atoms with Crippen LogP contribution in [0.1, 0.15) is 46.5 Å². The van der Waals surface area contributed by atoms with Gasteiger partial charge in [-0.15, -0.1) is 0 Å². The van der Waals surface area contributed by atoms with Gasteiger partial charge in [0.2, 0.25) is 5.91 Å². The number of carbonyl (C=O) groups excluding carboxylic acids is 1. The zero-order valence-electron chi connectivity index (χ0n) is 12.9. The molecule has 4 nitrogen and oxygen atoms in total. The molecule has 112 valence electrons. The summed E-state index contributed by atoms with van der Waals surface area (Å²) >= 11 is 0. The number of nitrogens with zero attached hydrogens (tertiary/aromatic N) is 1. The molecule has 4 atom stereocenters. The lowest BCUT2D eigenvalue weighted by molar-refractivity contribution is -0.141. The van der Waals surface area contributed by atoms with Gasteiger partial charge in [-0.3, -0.25) is 4.79 Å². The van der Waals surface area contributed by atoms with Gasteiger partial charge in [0.1, 0.15) is 0 Å². The summed E-state index contributed by atoms with van der Waals surface area (Å²) in [7, 11) is 1.68. The summed E-state index contributed by atoms with van der Waals surface area (Å²) in [6, 6.07) is 0.556. The van der Waals surface area contributed by atoms with Crippen LogP contribution in [0.2, 0.25) is 0 Å². The van der Waals surface area contributed by atoms with Gasteiger partial charge in [0, 0.05) is 31.7 Å². The molecule has 0 aromatic heterocycles. The Kier molecular flexibility index (Phi) is 6.80. The number of ether oxygens (including phenoxy) is 1. The number of hydrogen-bond acceptors (Lipinski definition) is 3. The molecule has 4 heteroatoms. The smallest absolute Gasteiger partial charge is 0.226 e. The van der Waals surface area contributed by atoms with Crippen molar-refractivity contribution in [1.29, 1.82) is 0 Å². The van der Waals surface area contributed by atoms with E-state index in [9.17, 15) is 4.79 Å². The van der Waals surface area contributed by atoms with Gasteiger partial charge in [0.15, 0.2) is 0 Å². The van der Waals surface area contributed by atoms with E-state index in [1.165, 1.54) is 0 Å². The average molecular weight is 270 g/mol. The highest BCUT2D eigenvalue weighted by Gasteiger charge is 2.34. The molecule has 1 rings (SSSR count). The summed E-state index contributed by atoms with van der Waals surface area (Å²) in [4.78, 5) is 14.8. The maximum absolute atomic E-state index is 12.8. The van der Waals surface area contributed by atoms with Gasteiger partial charge >= 0.3 is 0 Å². The van der Waals surface area contributed by atoms with Crippen LogP contribution in [0.5, 0.6) is 0 Å². The molecule has 0 bridgehead atoms. The van der Waals surface area contributed by atoms with Gasteiger partial charge < -0.3 is 15.4 Å². The van der Waals surface area contributed by atoms with Crippen molar-refractivity contribution in [2.24, 2.45) is 17.6 Å². The van der Waals surface area contributed by atoms with Crippen molar-refractivity contribution in [3.8, 4) is 0 Å². The topological polar surface area (TPSA) is 55.6 Å². The number of methoxy groups -OCH3 is 1. The van der Waals surface area contributed by atoms with Crippen molar-refractivity contribution >= 4 is 5.91 Å². The summed E-state index contributed by atoms with van der Waals surface area (Å²) in [6.07, 6.45) is 3.85. The van der Waals surface area contributed by atoms with Crippen LogP contribution in [0, 0.1) is 11.8 Å². The Morgan fingerprint density at radius 1 is 1.47 bits per heavy atom. The Labute approximate surface area is 117 Å². The highest BCUT2D eigenvalue weighted by molar-refractivity contribution is 5.79. The first-order valence-electron chi connectivity index (χ1n) is 7.56. The van der Waals surface area contributed by atoms with E-state index in [1.807, 2.05) is 4.90 Å². The molecule has 0 spiro atoms. The van der Waals surface area contributed by atoms with E-state index in [2.05, 4.69) is 20.8 Å². The SMILES string of the molecule is CCC(C)N(CCOC)C(=O)C1CCC(N)CC1C. The molecule has 19 heavy (non-hydrogen) atoms. The van der Waals surface area contributed by atoms with E-state index >= 15 is 0 Å². The lowest BCUT2D eigenvalue weighted by atomic mass is 9.77. The summed E-state index contributed by atoms with van der Waals surface area (Å²) < 4.78 is 5.13. The molecule has 1 aliphatic rings. The molecular formula is C15H30N2O2. The van der Waals surface area contributed by atoms with Crippen LogP contribution in [0.4, 0.5) is 0 Å². The first-order chi connectivity index (χ1) is 9.01. The van der Waals surface area contributed by atoms with Gasteiger partial charge in [0.25, 0.3) is 0 Å². The van der Waals surface area contributed by atoms with E-state index < -0.39 is 0 Å².